The molecule has 0 saturated carbocycles. The highest BCUT2D eigenvalue weighted by atomic mass is 127. The molecule has 0 radical (unpaired) electrons. The van der Waals surface area contributed by atoms with Gasteiger partial charge in [-0.05, 0) is 82.8 Å². The SMILES string of the molecule is CCN(CCNC)c1nc2c(cc1Br)nc(-c1ccc(I)cc1)n2-c1ccncc1. The van der Waals surface area contributed by atoms with Gasteiger partial charge < -0.3 is 10.2 Å². The van der Waals surface area contributed by atoms with Crippen LogP contribution in [0.2, 0.25) is 0 Å². The molecule has 8 heteroatoms. The summed E-state index contributed by atoms with van der Waals surface area (Å²) in [4.78, 5) is 16.5. The Hall–Kier alpha value is -2.04. The number of pyridine rings is 2. The van der Waals surface area contributed by atoms with E-state index in [9.17, 15) is 0 Å². The molecule has 0 fully saturated rings. The summed E-state index contributed by atoms with van der Waals surface area (Å²) in [7, 11) is 1.96. The second-order valence-electron chi connectivity index (χ2n) is 6.80. The Morgan fingerprint density at radius 2 is 1.83 bits per heavy atom. The fraction of sp³-hybridized carbons (Fsp3) is 0.227. The van der Waals surface area contributed by atoms with Crippen molar-refractivity contribution in [1.82, 2.24) is 24.8 Å². The fourth-order valence-electron chi connectivity index (χ4n) is 3.38. The van der Waals surface area contributed by atoms with Crippen LogP contribution in [0.25, 0.3) is 28.2 Å². The van der Waals surface area contributed by atoms with Crippen molar-refractivity contribution in [1.29, 1.82) is 0 Å². The van der Waals surface area contributed by atoms with Gasteiger partial charge in [0.2, 0.25) is 0 Å². The number of nitrogens with one attached hydrogen (secondary N) is 1. The Balaban J connectivity index is 1.95. The average molecular weight is 577 g/mol. The molecule has 0 aliphatic heterocycles. The Kier molecular flexibility index (Phi) is 6.64. The number of benzene rings is 1. The summed E-state index contributed by atoms with van der Waals surface area (Å²) in [6.45, 7) is 4.77. The lowest BCUT2D eigenvalue weighted by atomic mass is 10.2. The number of hydrogen-bond donors (Lipinski definition) is 1. The first-order chi connectivity index (χ1) is 14.6. The zero-order valence-electron chi connectivity index (χ0n) is 16.8. The van der Waals surface area contributed by atoms with Crippen LogP contribution in [-0.4, -0.2) is 46.2 Å². The number of rotatable bonds is 7. The van der Waals surface area contributed by atoms with Gasteiger partial charge in [-0.15, -0.1) is 0 Å². The predicted octanol–water partition coefficient (Wildman–Crippen LogP) is 4.90. The van der Waals surface area contributed by atoms with E-state index < -0.39 is 0 Å². The minimum atomic E-state index is 0.829. The predicted molar refractivity (Wildman–Crippen MR) is 134 cm³/mol. The standard InChI is InChI=1S/C22H22BrIN6/c1-3-29(13-12-25-2)21-18(23)14-19-22(28-21)30(17-8-10-26-11-9-17)20(27-19)15-4-6-16(24)7-5-15/h4-11,14,25H,3,12-13H2,1-2H3. The van der Waals surface area contributed by atoms with Gasteiger partial charge in [-0.3, -0.25) is 9.55 Å². The van der Waals surface area contributed by atoms with Crippen molar-refractivity contribution in [3.05, 3.63) is 62.9 Å². The lowest BCUT2D eigenvalue weighted by Gasteiger charge is -2.23. The minimum absolute atomic E-state index is 0.829. The highest BCUT2D eigenvalue weighted by molar-refractivity contribution is 14.1. The van der Waals surface area contributed by atoms with E-state index >= 15 is 0 Å². The molecular formula is C22H22BrIN6. The van der Waals surface area contributed by atoms with Crippen LogP contribution >= 0.6 is 38.5 Å². The first kappa shape index (κ1) is 21.2. The number of likely N-dealkylation sites (N-methyl/N-ethyl adjacent to an activating group) is 2. The van der Waals surface area contributed by atoms with E-state index in [0.29, 0.717) is 0 Å². The largest absolute Gasteiger partial charge is 0.355 e. The number of anilines is 1. The third-order valence-electron chi connectivity index (χ3n) is 4.90. The van der Waals surface area contributed by atoms with E-state index in [1.165, 1.54) is 3.57 Å². The molecule has 0 bridgehead atoms. The third-order valence-corrected chi connectivity index (χ3v) is 6.21. The molecule has 4 rings (SSSR count). The van der Waals surface area contributed by atoms with E-state index in [0.717, 1.165) is 58.2 Å². The van der Waals surface area contributed by atoms with Crippen molar-refractivity contribution in [2.45, 2.75) is 6.92 Å². The fourth-order valence-corrected chi connectivity index (χ4v) is 4.30. The Morgan fingerprint density at radius 1 is 1.10 bits per heavy atom. The first-order valence-electron chi connectivity index (χ1n) is 9.77. The van der Waals surface area contributed by atoms with Gasteiger partial charge in [-0.25, -0.2) is 9.97 Å². The summed E-state index contributed by atoms with van der Waals surface area (Å²) >= 11 is 6.04. The van der Waals surface area contributed by atoms with Crippen molar-refractivity contribution in [2.24, 2.45) is 0 Å². The Bertz CT molecular complexity index is 1140. The van der Waals surface area contributed by atoms with Crippen LogP contribution in [0.4, 0.5) is 5.82 Å². The summed E-state index contributed by atoms with van der Waals surface area (Å²) < 4.78 is 4.25. The van der Waals surface area contributed by atoms with Crippen molar-refractivity contribution in [3.8, 4) is 17.1 Å². The van der Waals surface area contributed by atoms with Crippen molar-refractivity contribution in [3.63, 3.8) is 0 Å². The number of fused-ring (bicyclic) bond motifs is 1. The molecule has 154 valence electrons. The van der Waals surface area contributed by atoms with Gasteiger partial charge in [0.15, 0.2) is 5.65 Å². The lowest BCUT2D eigenvalue weighted by molar-refractivity contribution is 0.729. The number of aromatic nitrogens is 4. The van der Waals surface area contributed by atoms with E-state index in [1.807, 2.05) is 19.2 Å². The van der Waals surface area contributed by atoms with Crippen molar-refractivity contribution in [2.75, 3.05) is 31.6 Å². The van der Waals surface area contributed by atoms with Gasteiger partial charge in [0, 0.05) is 41.2 Å². The van der Waals surface area contributed by atoms with Crippen LogP contribution in [0, 0.1) is 3.57 Å². The third kappa shape index (κ3) is 4.21. The zero-order chi connectivity index (χ0) is 21.1. The number of imidazole rings is 1. The molecule has 0 aliphatic rings. The maximum atomic E-state index is 5.07. The summed E-state index contributed by atoms with van der Waals surface area (Å²) in [6.07, 6.45) is 3.59. The Labute approximate surface area is 198 Å². The van der Waals surface area contributed by atoms with Gasteiger partial charge in [-0.2, -0.15) is 0 Å². The van der Waals surface area contributed by atoms with Crippen LogP contribution in [-0.2, 0) is 0 Å². The van der Waals surface area contributed by atoms with E-state index in [1.54, 1.807) is 12.4 Å². The molecule has 0 aliphatic carbocycles. The highest BCUT2D eigenvalue weighted by Gasteiger charge is 2.19. The van der Waals surface area contributed by atoms with E-state index in [-0.39, 0.29) is 0 Å². The molecule has 4 aromatic rings. The van der Waals surface area contributed by atoms with Gasteiger partial charge in [-0.1, -0.05) is 12.1 Å². The minimum Gasteiger partial charge on any atom is -0.355 e. The van der Waals surface area contributed by atoms with Crippen LogP contribution in [0.3, 0.4) is 0 Å². The topological polar surface area (TPSA) is 58.9 Å². The van der Waals surface area contributed by atoms with Crippen molar-refractivity contribution >= 4 is 55.5 Å². The second kappa shape index (κ2) is 9.40. The molecule has 0 atom stereocenters. The monoisotopic (exact) mass is 576 g/mol. The van der Waals surface area contributed by atoms with Crippen LogP contribution in [0.5, 0.6) is 0 Å². The second-order valence-corrected chi connectivity index (χ2v) is 8.90. The number of nitrogens with zero attached hydrogens (tertiary/aromatic N) is 5. The maximum Gasteiger partial charge on any atom is 0.167 e. The van der Waals surface area contributed by atoms with Crippen LogP contribution in [0.1, 0.15) is 6.92 Å². The van der Waals surface area contributed by atoms with Gasteiger partial charge in [0.1, 0.15) is 17.2 Å². The molecule has 0 unspecified atom stereocenters. The van der Waals surface area contributed by atoms with Crippen LogP contribution < -0.4 is 10.2 Å². The molecule has 3 heterocycles. The molecule has 3 aromatic heterocycles. The molecule has 1 aromatic carbocycles. The summed E-state index contributed by atoms with van der Waals surface area (Å²) in [5.74, 6) is 1.78. The maximum absolute atomic E-state index is 5.07. The molecule has 0 amide bonds. The molecular weight excluding hydrogens is 555 g/mol. The average Bonchev–Trinajstić information content (AvgIpc) is 3.13. The molecule has 6 nitrogen and oxygen atoms in total. The van der Waals surface area contributed by atoms with E-state index in [2.05, 4.69) is 95.5 Å². The van der Waals surface area contributed by atoms with E-state index in [4.69, 9.17) is 9.97 Å². The molecule has 1 N–H and O–H groups in total. The molecule has 30 heavy (non-hydrogen) atoms. The first-order valence-corrected chi connectivity index (χ1v) is 11.6. The van der Waals surface area contributed by atoms with Gasteiger partial charge in [0.25, 0.3) is 0 Å². The molecule has 0 saturated heterocycles. The zero-order valence-corrected chi connectivity index (χ0v) is 20.6. The quantitative estimate of drug-likeness (QED) is 0.317. The smallest absolute Gasteiger partial charge is 0.167 e. The normalized spacial score (nSPS) is 11.2. The van der Waals surface area contributed by atoms with Gasteiger partial charge >= 0.3 is 0 Å². The summed E-state index contributed by atoms with van der Waals surface area (Å²) in [5, 5.41) is 3.22. The molecule has 0 spiro atoms. The number of hydrogen-bond acceptors (Lipinski definition) is 5. The van der Waals surface area contributed by atoms with Gasteiger partial charge in [0.05, 0.1) is 10.2 Å². The van der Waals surface area contributed by atoms with Crippen molar-refractivity contribution < 1.29 is 0 Å². The summed E-state index contributed by atoms with van der Waals surface area (Å²) in [6, 6.07) is 14.4. The number of halogens is 2. The van der Waals surface area contributed by atoms with Crippen LogP contribution in [0.15, 0.2) is 59.3 Å². The highest BCUT2D eigenvalue weighted by Crippen LogP contribution is 2.33. The lowest BCUT2D eigenvalue weighted by Crippen LogP contribution is -2.31. The summed E-state index contributed by atoms with van der Waals surface area (Å²) in [5.41, 5.74) is 3.71. The Morgan fingerprint density at radius 3 is 2.50 bits per heavy atom.